The van der Waals surface area contributed by atoms with E-state index in [1.165, 1.54) is 11.1 Å². The Labute approximate surface area is 186 Å². The molecule has 1 heterocycles. The normalized spacial score (nSPS) is 11.4. The highest BCUT2D eigenvalue weighted by atomic mass is 127. The highest BCUT2D eigenvalue weighted by molar-refractivity contribution is 14.0. The molecule has 2 N–H and O–H groups in total. The second-order valence-corrected chi connectivity index (χ2v) is 6.84. The second kappa shape index (κ2) is 12.8. The summed E-state index contributed by atoms with van der Waals surface area (Å²) in [4.78, 5) is 6.91. The molecule has 1 aromatic carbocycles. The smallest absolute Gasteiger partial charge is 0.191 e. The molecule has 0 radical (unpaired) electrons. The zero-order valence-electron chi connectivity index (χ0n) is 17.7. The number of rotatable bonds is 9. The van der Waals surface area contributed by atoms with Crippen molar-refractivity contribution < 1.29 is 4.52 Å². The van der Waals surface area contributed by atoms with Gasteiger partial charge in [-0.2, -0.15) is 0 Å². The number of guanidine groups is 1. The summed E-state index contributed by atoms with van der Waals surface area (Å²) >= 11 is 0. The predicted octanol–water partition coefficient (Wildman–Crippen LogP) is 3.73. The van der Waals surface area contributed by atoms with Crippen molar-refractivity contribution in [3.8, 4) is 0 Å². The first-order chi connectivity index (χ1) is 13.1. The van der Waals surface area contributed by atoms with E-state index in [1.54, 1.807) is 0 Å². The van der Waals surface area contributed by atoms with E-state index in [4.69, 9.17) is 9.52 Å². The maximum atomic E-state index is 5.45. The Balaban J connectivity index is 0.00000392. The number of halogens is 1. The van der Waals surface area contributed by atoms with Crippen LogP contribution in [0, 0.1) is 0 Å². The summed E-state index contributed by atoms with van der Waals surface area (Å²) in [5.41, 5.74) is 4.68. The van der Waals surface area contributed by atoms with Crippen LogP contribution in [-0.2, 0) is 32.5 Å². The maximum Gasteiger partial charge on any atom is 0.191 e. The van der Waals surface area contributed by atoms with Crippen LogP contribution in [0.15, 0.2) is 33.8 Å². The molecule has 28 heavy (non-hydrogen) atoms. The van der Waals surface area contributed by atoms with Crippen LogP contribution < -0.4 is 10.6 Å². The summed E-state index contributed by atoms with van der Waals surface area (Å²) in [6, 6.07) is 8.59. The lowest BCUT2D eigenvalue weighted by Gasteiger charge is -2.13. The standard InChI is InChI=1S/C21H33N5O.HI/c1-6-19-18(20(7-2)27-25-19)14-24-21(22-8-3)23-13-16-10-9-11-17(12-16)15-26(4)5;/h9-12H,6-8,13-15H2,1-5H3,(H2,22,23,24);1H. The lowest BCUT2D eigenvalue weighted by molar-refractivity contribution is 0.380. The lowest BCUT2D eigenvalue weighted by atomic mass is 10.1. The molecule has 0 fully saturated rings. The molecule has 0 saturated heterocycles. The van der Waals surface area contributed by atoms with Gasteiger partial charge < -0.3 is 20.1 Å². The number of hydrogen-bond acceptors (Lipinski definition) is 4. The Morgan fingerprint density at radius 2 is 1.86 bits per heavy atom. The largest absolute Gasteiger partial charge is 0.361 e. The molecule has 0 unspecified atom stereocenters. The molecular weight excluding hydrogens is 465 g/mol. The van der Waals surface area contributed by atoms with Crippen molar-refractivity contribution in [1.82, 2.24) is 20.7 Å². The molecule has 156 valence electrons. The number of hydrogen-bond donors (Lipinski definition) is 2. The van der Waals surface area contributed by atoms with Gasteiger partial charge in [0.05, 0.1) is 12.2 Å². The van der Waals surface area contributed by atoms with Crippen molar-refractivity contribution in [1.29, 1.82) is 0 Å². The lowest BCUT2D eigenvalue weighted by Crippen LogP contribution is -2.37. The highest BCUT2D eigenvalue weighted by Crippen LogP contribution is 2.15. The Hall–Kier alpha value is -1.61. The van der Waals surface area contributed by atoms with E-state index in [0.717, 1.165) is 48.9 Å². The fourth-order valence-electron chi connectivity index (χ4n) is 3.01. The van der Waals surface area contributed by atoms with Gasteiger partial charge in [0.15, 0.2) is 5.96 Å². The number of nitrogens with zero attached hydrogens (tertiary/aromatic N) is 3. The maximum absolute atomic E-state index is 5.45. The van der Waals surface area contributed by atoms with Crippen molar-refractivity contribution >= 4 is 29.9 Å². The second-order valence-electron chi connectivity index (χ2n) is 6.84. The Morgan fingerprint density at radius 1 is 1.11 bits per heavy atom. The summed E-state index contributed by atoms with van der Waals surface area (Å²) < 4.78 is 5.45. The van der Waals surface area contributed by atoms with Crippen LogP contribution in [0.5, 0.6) is 0 Å². The summed E-state index contributed by atoms with van der Waals surface area (Å²) in [5.74, 6) is 1.76. The number of nitrogens with one attached hydrogen (secondary N) is 2. The van der Waals surface area contributed by atoms with E-state index < -0.39 is 0 Å². The number of benzene rings is 1. The van der Waals surface area contributed by atoms with Crippen molar-refractivity contribution in [2.75, 3.05) is 20.6 Å². The third kappa shape index (κ3) is 7.43. The first-order valence-electron chi connectivity index (χ1n) is 9.78. The topological polar surface area (TPSA) is 65.7 Å². The third-order valence-corrected chi connectivity index (χ3v) is 4.29. The monoisotopic (exact) mass is 499 g/mol. The van der Waals surface area contributed by atoms with Gasteiger partial charge in [-0.15, -0.1) is 24.0 Å². The van der Waals surface area contributed by atoms with Crippen LogP contribution in [0.4, 0.5) is 0 Å². The van der Waals surface area contributed by atoms with Crippen molar-refractivity contribution in [2.24, 2.45) is 4.99 Å². The molecule has 2 aromatic rings. The fraction of sp³-hybridized carbons (Fsp3) is 0.524. The minimum absolute atomic E-state index is 0. The first-order valence-corrected chi connectivity index (χ1v) is 9.78. The van der Waals surface area contributed by atoms with Gasteiger partial charge in [-0.3, -0.25) is 0 Å². The number of aromatic nitrogens is 1. The molecule has 0 amide bonds. The van der Waals surface area contributed by atoms with E-state index in [2.05, 4.69) is 79.8 Å². The quantitative estimate of drug-likeness (QED) is 0.313. The van der Waals surface area contributed by atoms with E-state index >= 15 is 0 Å². The van der Waals surface area contributed by atoms with Crippen molar-refractivity contribution in [3.05, 3.63) is 52.4 Å². The van der Waals surface area contributed by atoms with Gasteiger partial charge in [-0.25, -0.2) is 4.99 Å². The van der Waals surface area contributed by atoms with Gasteiger partial charge in [-0.05, 0) is 38.6 Å². The molecule has 7 heteroatoms. The van der Waals surface area contributed by atoms with Gasteiger partial charge in [0.25, 0.3) is 0 Å². The Bertz CT molecular complexity index is 721. The van der Waals surface area contributed by atoms with Crippen molar-refractivity contribution in [3.63, 3.8) is 0 Å². The van der Waals surface area contributed by atoms with E-state index in [1.807, 2.05) is 0 Å². The molecule has 0 aliphatic heterocycles. The average molecular weight is 499 g/mol. The molecular formula is C21H34IN5O. The molecule has 1 aromatic heterocycles. The molecule has 6 nitrogen and oxygen atoms in total. The Morgan fingerprint density at radius 3 is 2.50 bits per heavy atom. The minimum atomic E-state index is 0. The van der Waals surface area contributed by atoms with Crippen LogP contribution in [0.3, 0.4) is 0 Å². The molecule has 2 rings (SSSR count). The predicted molar refractivity (Wildman–Crippen MR) is 126 cm³/mol. The molecule has 0 aliphatic rings. The summed E-state index contributed by atoms with van der Waals surface area (Å²) in [6.07, 6.45) is 1.71. The minimum Gasteiger partial charge on any atom is -0.361 e. The summed E-state index contributed by atoms with van der Waals surface area (Å²) in [6.45, 7) is 9.32. The van der Waals surface area contributed by atoms with Gasteiger partial charge in [0, 0.05) is 31.6 Å². The van der Waals surface area contributed by atoms with Crippen LogP contribution in [0.25, 0.3) is 0 Å². The highest BCUT2D eigenvalue weighted by Gasteiger charge is 2.13. The molecule has 0 bridgehead atoms. The fourth-order valence-corrected chi connectivity index (χ4v) is 3.01. The number of aliphatic imine (C=N–C) groups is 1. The van der Waals surface area contributed by atoms with Crippen LogP contribution >= 0.6 is 24.0 Å². The summed E-state index contributed by atoms with van der Waals surface area (Å²) in [5, 5.41) is 10.9. The van der Waals surface area contributed by atoms with Crippen molar-refractivity contribution in [2.45, 2.75) is 53.2 Å². The van der Waals surface area contributed by atoms with Crippen LogP contribution in [-0.4, -0.2) is 36.7 Å². The molecule has 0 spiro atoms. The van der Waals surface area contributed by atoms with E-state index in [9.17, 15) is 0 Å². The Kier molecular flexibility index (Phi) is 11.1. The van der Waals surface area contributed by atoms with Crippen LogP contribution in [0.2, 0.25) is 0 Å². The average Bonchev–Trinajstić information content (AvgIpc) is 3.05. The van der Waals surface area contributed by atoms with Gasteiger partial charge in [0.1, 0.15) is 5.76 Å². The van der Waals surface area contributed by atoms with Gasteiger partial charge >= 0.3 is 0 Å². The third-order valence-electron chi connectivity index (χ3n) is 4.29. The zero-order valence-corrected chi connectivity index (χ0v) is 20.0. The van der Waals surface area contributed by atoms with E-state index in [-0.39, 0.29) is 24.0 Å². The SMILES string of the molecule is CCNC(=NCc1cccc(CN(C)C)c1)NCc1c(CC)noc1CC.I. The zero-order chi connectivity index (χ0) is 19.6. The summed E-state index contributed by atoms with van der Waals surface area (Å²) in [7, 11) is 4.16. The van der Waals surface area contributed by atoms with Gasteiger partial charge in [0.2, 0.25) is 0 Å². The first kappa shape index (κ1) is 24.4. The van der Waals surface area contributed by atoms with E-state index in [0.29, 0.717) is 13.1 Å². The number of aryl methyl sites for hydroxylation is 2. The molecule has 0 atom stereocenters. The molecule has 0 saturated carbocycles. The van der Waals surface area contributed by atoms with Crippen LogP contribution in [0.1, 0.15) is 48.9 Å². The molecule has 0 aliphatic carbocycles. The van der Waals surface area contributed by atoms with Gasteiger partial charge in [-0.1, -0.05) is 43.3 Å².